The summed E-state index contributed by atoms with van der Waals surface area (Å²) in [4.78, 5) is 37.6. The number of likely N-dealkylation sites (N-methyl/N-ethyl adjacent to an activating group) is 1. The van der Waals surface area contributed by atoms with Crippen molar-refractivity contribution in [1.29, 1.82) is 0 Å². The predicted octanol–water partition coefficient (Wildman–Crippen LogP) is 3.11. The van der Waals surface area contributed by atoms with Gasteiger partial charge < -0.3 is 19.9 Å². The molecule has 11 heteroatoms. The normalized spacial score (nSPS) is 14.6. The summed E-state index contributed by atoms with van der Waals surface area (Å²) in [5.74, 6) is 0.580. The second-order valence-electron chi connectivity index (χ2n) is 7.17. The van der Waals surface area contributed by atoms with Crippen molar-refractivity contribution in [3.8, 4) is 5.75 Å². The molecule has 0 atom stereocenters. The minimum Gasteiger partial charge on any atom is -0.494 e. The van der Waals surface area contributed by atoms with E-state index in [1.807, 2.05) is 32.2 Å². The Bertz CT molecular complexity index is 1070. The van der Waals surface area contributed by atoms with Gasteiger partial charge in [0.2, 0.25) is 5.91 Å². The number of rotatable bonds is 6. The number of hydrogen-bond acceptors (Lipinski definition) is 8. The van der Waals surface area contributed by atoms with Crippen LogP contribution in [0.5, 0.6) is 5.75 Å². The maximum absolute atomic E-state index is 12.4. The van der Waals surface area contributed by atoms with Crippen LogP contribution in [-0.2, 0) is 11.2 Å². The zero-order chi connectivity index (χ0) is 21.8. The fraction of sp³-hybridized carbons (Fsp3) is 0.400. The molecule has 164 valence electrons. The molecular weight excluding hydrogens is 436 g/mol. The standard InChI is InChI=1S/C20H24N6O3S2/c1-3-29-14-4-5-15-16(11-14)31-19(22-15)23-17(27)10-13-12-30-18(21-13)24-20(28)26-8-6-25(2)7-9-26/h4-5,11-12H,3,6-10H2,1-2H3,(H,21,24,28)(H,22,23,27). The number of thiazole rings is 2. The van der Waals surface area contributed by atoms with Crippen LogP contribution in [0, 0.1) is 0 Å². The number of hydrogen-bond donors (Lipinski definition) is 2. The number of aromatic nitrogens is 2. The molecule has 0 aliphatic carbocycles. The molecule has 0 bridgehead atoms. The molecule has 0 saturated carbocycles. The van der Waals surface area contributed by atoms with Crippen molar-refractivity contribution in [3.05, 3.63) is 29.3 Å². The number of urea groups is 1. The Hall–Kier alpha value is -2.76. The minimum absolute atomic E-state index is 0.112. The number of anilines is 2. The molecule has 3 amide bonds. The number of amides is 3. The van der Waals surface area contributed by atoms with Crippen molar-refractivity contribution in [2.75, 3.05) is 50.5 Å². The molecule has 31 heavy (non-hydrogen) atoms. The van der Waals surface area contributed by atoms with E-state index in [1.165, 1.54) is 22.7 Å². The van der Waals surface area contributed by atoms with Gasteiger partial charge in [-0.15, -0.1) is 11.3 Å². The van der Waals surface area contributed by atoms with Gasteiger partial charge in [-0.2, -0.15) is 0 Å². The molecule has 1 aliphatic rings. The highest BCUT2D eigenvalue weighted by Gasteiger charge is 2.20. The fourth-order valence-electron chi connectivity index (χ4n) is 3.17. The minimum atomic E-state index is -0.202. The maximum atomic E-state index is 12.4. The van der Waals surface area contributed by atoms with Crippen molar-refractivity contribution in [2.24, 2.45) is 0 Å². The lowest BCUT2D eigenvalue weighted by Crippen LogP contribution is -2.48. The van der Waals surface area contributed by atoms with E-state index in [1.54, 1.807) is 10.3 Å². The topological polar surface area (TPSA) is 99.7 Å². The summed E-state index contributed by atoms with van der Waals surface area (Å²) in [6, 6.07) is 5.51. The summed E-state index contributed by atoms with van der Waals surface area (Å²) in [5.41, 5.74) is 1.42. The van der Waals surface area contributed by atoms with E-state index in [0.717, 1.165) is 29.1 Å². The first-order valence-corrected chi connectivity index (χ1v) is 11.7. The molecule has 2 aromatic heterocycles. The van der Waals surface area contributed by atoms with E-state index < -0.39 is 0 Å². The monoisotopic (exact) mass is 460 g/mol. The Labute approximate surface area is 188 Å². The molecule has 0 radical (unpaired) electrons. The number of nitrogens with zero attached hydrogens (tertiary/aromatic N) is 4. The Morgan fingerprint density at radius 2 is 1.94 bits per heavy atom. The van der Waals surface area contributed by atoms with Crippen LogP contribution in [0.3, 0.4) is 0 Å². The average molecular weight is 461 g/mol. The lowest BCUT2D eigenvalue weighted by atomic mass is 10.3. The molecule has 0 unspecified atom stereocenters. The van der Waals surface area contributed by atoms with E-state index in [4.69, 9.17) is 4.74 Å². The van der Waals surface area contributed by atoms with Crippen molar-refractivity contribution < 1.29 is 14.3 Å². The Kier molecular flexibility index (Phi) is 6.64. The summed E-state index contributed by atoms with van der Waals surface area (Å²) in [6.45, 7) is 5.63. The molecule has 2 N–H and O–H groups in total. The van der Waals surface area contributed by atoms with Gasteiger partial charge in [0.1, 0.15) is 5.75 Å². The van der Waals surface area contributed by atoms with E-state index in [9.17, 15) is 9.59 Å². The smallest absolute Gasteiger partial charge is 0.323 e. The molecule has 1 fully saturated rings. The average Bonchev–Trinajstić information content (AvgIpc) is 3.34. The zero-order valence-electron chi connectivity index (χ0n) is 17.4. The van der Waals surface area contributed by atoms with Crippen LogP contribution < -0.4 is 15.4 Å². The maximum Gasteiger partial charge on any atom is 0.323 e. The van der Waals surface area contributed by atoms with Gasteiger partial charge in [-0.05, 0) is 32.2 Å². The first-order valence-electron chi connectivity index (χ1n) is 10.0. The van der Waals surface area contributed by atoms with Crippen molar-refractivity contribution in [2.45, 2.75) is 13.3 Å². The summed E-state index contributed by atoms with van der Waals surface area (Å²) in [6.07, 6.45) is 0.112. The van der Waals surface area contributed by atoms with Crippen LogP contribution in [0.25, 0.3) is 10.2 Å². The number of fused-ring (bicyclic) bond motifs is 1. The quantitative estimate of drug-likeness (QED) is 0.586. The van der Waals surface area contributed by atoms with Crippen LogP contribution in [-0.4, -0.2) is 71.5 Å². The van der Waals surface area contributed by atoms with Crippen LogP contribution in [0.1, 0.15) is 12.6 Å². The van der Waals surface area contributed by atoms with Gasteiger partial charge >= 0.3 is 6.03 Å². The summed E-state index contributed by atoms with van der Waals surface area (Å²) in [5, 5.41) is 8.47. The van der Waals surface area contributed by atoms with E-state index >= 15 is 0 Å². The third-order valence-corrected chi connectivity index (χ3v) is 6.56. The fourth-order valence-corrected chi connectivity index (χ4v) is 4.78. The van der Waals surface area contributed by atoms with Gasteiger partial charge in [0.05, 0.1) is 28.9 Å². The predicted molar refractivity (Wildman–Crippen MR) is 123 cm³/mol. The van der Waals surface area contributed by atoms with Crippen LogP contribution >= 0.6 is 22.7 Å². The molecule has 1 aromatic carbocycles. The lowest BCUT2D eigenvalue weighted by Gasteiger charge is -2.32. The molecule has 9 nitrogen and oxygen atoms in total. The van der Waals surface area contributed by atoms with Crippen LogP contribution in [0.2, 0.25) is 0 Å². The Morgan fingerprint density at radius 1 is 1.13 bits per heavy atom. The second kappa shape index (κ2) is 9.58. The first kappa shape index (κ1) is 21.5. The summed E-state index contributed by atoms with van der Waals surface area (Å²) >= 11 is 2.71. The van der Waals surface area contributed by atoms with Gasteiger partial charge in [0.25, 0.3) is 0 Å². The molecular formula is C20H24N6O3S2. The van der Waals surface area contributed by atoms with Gasteiger partial charge in [-0.3, -0.25) is 10.1 Å². The van der Waals surface area contributed by atoms with Crippen LogP contribution in [0.4, 0.5) is 15.1 Å². The number of benzene rings is 1. The van der Waals surface area contributed by atoms with Crippen molar-refractivity contribution in [3.63, 3.8) is 0 Å². The Morgan fingerprint density at radius 3 is 2.71 bits per heavy atom. The van der Waals surface area contributed by atoms with E-state index in [0.29, 0.717) is 35.7 Å². The summed E-state index contributed by atoms with van der Waals surface area (Å²) in [7, 11) is 2.04. The van der Waals surface area contributed by atoms with E-state index in [-0.39, 0.29) is 18.4 Å². The molecule has 0 spiro atoms. The second-order valence-corrected chi connectivity index (χ2v) is 9.06. The van der Waals surface area contributed by atoms with Crippen LogP contribution in [0.15, 0.2) is 23.6 Å². The highest BCUT2D eigenvalue weighted by atomic mass is 32.1. The van der Waals surface area contributed by atoms with Gasteiger partial charge in [0.15, 0.2) is 10.3 Å². The Balaban J connectivity index is 1.31. The third-order valence-electron chi connectivity index (χ3n) is 4.82. The number of carbonyl (C=O) groups excluding carboxylic acids is 2. The SMILES string of the molecule is CCOc1ccc2nc(NC(=O)Cc3csc(NC(=O)N4CCN(C)CC4)n3)sc2c1. The molecule has 3 aromatic rings. The van der Waals surface area contributed by atoms with Gasteiger partial charge in [-0.1, -0.05) is 11.3 Å². The molecule has 1 aliphatic heterocycles. The van der Waals surface area contributed by atoms with E-state index in [2.05, 4.69) is 25.5 Å². The summed E-state index contributed by atoms with van der Waals surface area (Å²) < 4.78 is 6.45. The molecule has 4 rings (SSSR count). The van der Waals surface area contributed by atoms with Gasteiger partial charge in [-0.25, -0.2) is 14.8 Å². The third kappa shape index (κ3) is 5.49. The number of piperazine rings is 1. The molecule has 3 heterocycles. The molecule has 1 saturated heterocycles. The van der Waals surface area contributed by atoms with Gasteiger partial charge in [0, 0.05) is 31.6 Å². The number of nitrogens with one attached hydrogen (secondary N) is 2. The largest absolute Gasteiger partial charge is 0.494 e. The van der Waals surface area contributed by atoms with Crippen molar-refractivity contribution >= 4 is 55.1 Å². The highest BCUT2D eigenvalue weighted by Crippen LogP contribution is 2.29. The lowest BCUT2D eigenvalue weighted by molar-refractivity contribution is -0.115. The highest BCUT2D eigenvalue weighted by molar-refractivity contribution is 7.22. The number of ether oxygens (including phenoxy) is 1. The first-order chi connectivity index (χ1) is 15.0. The number of carbonyl (C=O) groups is 2. The zero-order valence-corrected chi connectivity index (χ0v) is 19.0. The van der Waals surface area contributed by atoms with Crippen molar-refractivity contribution in [1.82, 2.24) is 19.8 Å².